The molecule has 0 saturated heterocycles. The number of carbonyl (C=O) groups excluding carboxylic acids is 1. The summed E-state index contributed by atoms with van der Waals surface area (Å²) in [6.07, 6.45) is 1.75. The fraction of sp³-hybridized carbons (Fsp3) is 0.0800. The monoisotopic (exact) mass is 444 g/mol. The van der Waals surface area contributed by atoms with E-state index in [1.165, 1.54) is 18.2 Å². The fourth-order valence-corrected chi connectivity index (χ4v) is 3.50. The van der Waals surface area contributed by atoms with Gasteiger partial charge in [-0.05, 0) is 30.3 Å². The Morgan fingerprint density at radius 1 is 1.06 bits per heavy atom. The van der Waals surface area contributed by atoms with E-state index >= 15 is 0 Å². The quantitative estimate of drug-likeness (QED) is 0.441. The molecule has 1 unspecified atom stereocenters. The van der Waals surface area contributed by atoms with Gasteiger partial charge < -0.3 is 5.32 Å². The summed E-state index contributed by atoms with van der Waals surface area (Å²) in [5.41, 5.74) is 3.06. The Kier molecular flexibility index (Phi) is 6.29. The lowest BCUT2D eigenvalue weighted by molar-refractivity contribution is -0.120. The molecular weight excluding hydrogens is 427 g/mol. The van der Waals surface area contributed by atoms with Crippen molar-refractivity contribution in [2.75, 3.05) is 0 Å². The summed E-state index contributed by atoms with van der Waals surface area (Å²) < 4.78 is 15.8. The van der Waals surface area contributed by atoms with Gasteiger partial charge in [0.1, 0.15) is 11.9 Å². The van der Waals surface area contributed by atoms with Crippen LogP contribution in [0.5, 0.6) is 0 Å². The number of para-hydroxylation sites is 1. The van der Waals surface area contributed by atoms with E-state index in [0.717, 1.165) is 11.3 Å². The van der Waals surface area contributed by atoms with Crippen LogP contribution in [-0.4, -0.2) is 15.7 Å². The summed E-state index contributed by atoms with van der Waals surface area (Å²) in [5, 5.41) is 17.3. The minimum atomic E-state index is -1.09. The first-order valence-corrected chi connectivity index (χ1v) is 10.3. The second-order valence-electron chi connectivity index (χ2n) is 7.12. The van der Waals surface area contributed by atoms with Gasteiger partial charge in [0.05, 0.1) is 23.9 Å². The molecule has 158 valence electrons. The molecule has 0 spiro atoms. The van der Waals surface area contributed by atoms with Crippen molar-refractivity contribution in [3.8, 4) is 23.0 Å². The highest BCUT2D eigenvalue weighted by molar-refractivity contribution is 6.30. The summed E-state index contributed by atoms with van der Waals surface area (Å²) in [6, 6.07) is 23.5. The van der Waals surface area contributed by atoms with E-state index in [-0.39, 0.29) is 12.0 Å². The molecule has 1 heterocycles. The zero-order valence-corrected chi connectivity index (χ0v) is 17.6. The second kappa shape index (κ2) is 9.46. The van der Waals surface area contributed by atoms with E-state index < -0.39 is 17.8 Å². The molecule has 3 aromatic carbocycles. The van der Waals surface area contributed by atoms with E-state index in [1.807, 2.05) is 48.5 Å². The van der Waals surface area contributed by atoms with Gasteiger partial charge >= 0.3 is 0 Å². The first-order chi connectivity index (χ1) is 15.5. The average Bonchev–Trinajstić information content (AvgIpc) is 3.22. The van der Waals surface area contributed by atoms with Crippen LogP contribution < -0.4 is 5.32 Å². The van der Waals surface area contributed by atoms with E-state index in [9.17, 15) is 14.4 Å². The first-order valence-electron chi connectivity index (χ1n) is 9.88. The molecule has 1 aromatic heterocycles. The Hall–Kier alpha value is -3.95. The van der Waals surface area contributed by atoms with E-state index in [4.69, 9.17) is 11.6 Å². The van der Waals surface area contributed by atoms with Crippen molar-refractivity contribution in [3.05, 3.63) is 107 Å². The van der Waals surface area contributed by atoms with Gasteiger partial charge in [0.15, 0.2) is 0 Å². The topological polar surface area (TPSA) is 70.7 Å². The number of carbonyl (C=O) groups is 1. The standard InChI is InChI=1S/C25H18ClFN4O/c26-19-12-10-17(11-13-19)25-18(16-31(30-25)20-6-2-1-3-7-20)14-24(32)29-23(15-28)21-8-4-5-9-22(21)27/h1-13,16,23H,14H2,(H,29,32). The average molecular weight is 445 g/mol. The Bertz CT molecular complexity index is 1280. The van der Waals surface area contributed by atoms with Crippen LogP contribution in [0.15, 0.2) is 85.1 Å². The lowest BCUT2D eigenvalue weighted by atomic mass is 10.0. The minimum Gasteiger partial charge on any atom is -0.336 e. The van der Waals surface area contributed by atoms with Gasteiger partial charge in [-0.2, -0.15) is 10.4 Å². The zero-order chi connectivity index (χ0) is 22.5. The molecule has 0 fully saturated rings. The molecule has 1 amide bonds. The molecule has 0 aliphatic heterocycles. The molecule has 1 atom stereocenters. The number of aromatic nitrogens is 2. The molecule has 0 aliphatic rings. The smallest absolute Gasteiger partial charge is 0.225 e. The van der Waals surface area contributed by atoms with Crippen LogP contribution in [0.2, 0.25) is 5.02 Å². The van der Waals surface area contributed by atoms with Crippen LogP contribution in [0.25, 0.3) is 16.9 Å². The number of hydrogen-bond acceptors (Lipinski definition) is 3. The van der Waals surface area contributed by atoms with Crippen LogP contribution in [0.1, 0.15) is 17.2 Å². The molecule has 0 bridgehead atoms. The zero-order valence-electron chi connectivity index (χ0n) is 16.9. The predicted octanol–water partition coefficient (Wildman–Crippen LogP) is 5.26. The number of nitriles is 1. The van der Waals surface area contributed by atoms with Crippen molar-refractivity contribution in [2.24, 2.45) is 0 Å². The number of rotatable bonds is 6. The number of nitrogens with zero attached hydrogens (tertiary/aromatic N) is 3. The molecule has 4 rings (SSSR count). The molecule has 4 aromatic rings. The normalized spacial score (nSPS) is 11.5. The highest BCUT2D eigenvalue weighted by Gasteiger charge is 2.20. The summed E-state index contributed by atoms with van der Waals surface area (Å²) in [4.78, 5) is 12.8. The molecular formula is C25H18ClFN4O. The van der Waals surface area contributed by atoms with Crippen molar-refractivity contribution in [2.45, 2.75) is 12.5 Å². The Morgan fingerprint density at radius 2 is 1.75 bits per heavy atom. The third kappa shape index (κ3) is 4.69. The molecule has 7 heteroatoms. The summed E-state index contributed by atoms with van der Waals surface area (Å²) in [6.45, 7) is 0. The summed E-state index contributed by atoms with van der Waals surface area (Å²) in [5.74, 6) is -0.958. The van der Waals surface area contributed by atoms with Gasteiger partial charge in [-0.3, -0.25) is 4.79 Å². The van der Waals surface area contributed by atoms with Crippen molar-refractivity contribution in [1.29, 1.82) is 5.26 Å². The summed E-state index contributed by atoms with van der Waals surface area (Å²) >= 11 is 6.02. The Labute approximate surface area is 189 Å². The minimum absolute atomic E-state index is 0.0303. The molecule has 32 heavy (non-hydrogen) atoms. The fourth-order valence-electron chi connectivity index (χ4n) is 3.38. The van der Waals surface area contributed by atoms with Gasteiger partial charge in [0.2, 0.25) is 5.91 Å². The van der Waals surface area contributed by atoms with E-state index in [2.05, 4.69) is 10.4 Å². The second-order valence-corrected chi connectivity index (χ2v) is 7.55. The maximum atomic E-state index is 14.1. The highest BCUT2D eigenvalue weighted by atomic mass is 35.5. The molecule has 0 saturated carbocycles. The maximum absolute atomic E-state index is 14.1. The Balaban J connectivity index is 1.64. The number of nitrogens with one attached hydrogen (secondary N) is 1. The van der Waals surface area contributed by atoms with Gasteiger partial charge in [-0.1, -0.05) is 60.1 Å². The summed E-state index contributed by atoms with van der Waals surface area (Å²) in [7, 11) is 0. The SMILES string of the molecule is N#CC(NC(=O)Cc1cn(-c2ccccc2)nc1-c1ccc(Cl)cc1)c1ccccc1F. The molecule has 1 N–H and O–H groups in total. The maximum Gasteiger partial charge on any atom is 0.225 e. The number of halogens is 2. The molecule has 0 radical (unpaired) electrons. The van der Waals surface area contributed by atoms with Crippen LogP contribution in [0.3, 0.4) is 0 Å². The molecule has 0 aliphatic carbocycles. The van der Waals surface area contributed by atoms with Gasteiger partial charge in [0.25, 0.3) is 0 Å². The predicted molar refractivity (Wildman–Crippen MR) is 121 cm³/mol. The number of benzene rings is 3. The van der Waals surface area contributed by atoms with Gasteiger partial charge in [-0.15, -0.1) is 0 Å². The van der Waals surface area contributed by atoms with Crippen molar-refractivity contribution < 1.29 is 9.18 Å². The van der Waals surface area contributed by atoms with Gasteiger partial charge in [-0.25, -0.2) is 9.07 Å². The van der Waals surface area contributed by atoms with Crippen molar-refractivity contribution in [3.63, 3.8) is 0 Å². The van der Waals surface area contributed by atoms with E-state index in [0.29, 0.717) is 16.3 Å². The van der Waals surface area contributed by atoms with Crippen molar-refractivity contribution >= 4 is 17.5 Å². The lowest BCUT2D eigenvalue weighted by Crippen LogP contribution is -2.29. The van der Waals surface area contributed by atoms with Crippen LogP contribution >= 0.6 is 11.6 Å². The van der Waals surface area contributed by atoms with Crippen LogP contribution in [-0.2, 0) is 11.2 Å². The van der Waals surface area contributed by atoms with Crippen molar-refractivity contribution in [1.82, 2.24) is 15.1 Å². The van der Waals surface area contributed by atoms with Crippen LogP contribution in [0, 0.1) is 17.1 Å². The highest BCUT2D eigenvalue weighted by Crippen LogP contribution is 2.26. The van der Waals surface area contributed by atoms with E-state index in [1.54, 1.807) is 29.1 Å². The third-order valence-electron chi connectivity index (χ3n) is 4.93. The lowest BCUT2D eigenvalue weighted by Gasteiger charge is -2.12. The number of hydrogen-bond donors (Lipinski definition) is 1. The number of amides is 1. The van der Waals surface area contributed by atoms with Crippen LogP contribution in [0.4, 0.5) is 4.39 Å². The molecule has 5 nitrogen and oxygen atoms in total. The third-order valence-corrected chi connectivity index (χ3v) is 5.18. The first kappa shape index (κ1) is 21.3. The van der Waals surface area contributed by atoms with Gasteiger partial charge in [0, 0.05) is 27.9 Å². The Morgan fingerprint density at radius 3 is 2.44 bits per heavy atom. The largest absolute Gasteiger partial charge is 0.336 e.